The van der Waals surface area contributed by atoms with Gasteiger partial charge in [-0.3, -0.25) is 9.78 Å². The van der Waals surface area contributed by atoms with Crippen LogP contribution in [0, 0.1) is 0 Å². The molecule has 132 valence electrons. The number of fused-ring (bicyclic) bond motifs is 2. The Morgan fingerprint density at radius 1 is 1.15 bits per heavy atom. The summed E-state index contributed by atoms with van der Waals surface area (Å²) in [6, 6.07) is 5.96. The maximum Gasteiger partial charge on any atom is 0.326 e. The summed E-state index contributed by atoms with van der Waals surface area (Å²) >= 11 is 0. The number of nitrogens with one attached hydrogen (secondary N) is 2. The summed E-state index contributed by atoms with van der Waals surface area (Å²) in [7, 11) is 0. The third-order valence-corrected chi connectivity index (χ3v) is 5.51. The van der Waals surface area contributed by atoms with E-state index in [1.807, 2.05) is 12.1 Å². The van der Waals surface area contributed by atoms with Crippen molar-refractivity contribution in [2.75, 3.05) is 11.4 Å². The molecule has 1 saturated heterocycles. The normalized spacial score (nSPS) is 18.8. The van der Waals surface area contributed by atoms with Crippen LogP contribution in [0.5, 0.6) is 0 Å². The van der Waals surface area contributed by atoms with Crippen molar-refractivity contribution in [3.05, 3.63) is 50.3 Å². The van der Waals surface area contributed by atoms with Crippen LogP contribution in [0.3, 0.4) is 0 Å². The first-order chi connectivity index (χ1) is 12.6. The molecular formula is C19H19N5O2. The number of aromatic nitrogens is 4. The fourth-order valence-electron chi connectivity index (χ4n) is 3.92. The Morgan fingerprint density at radius 3 is 2.81 bits per heavy atom. The Balaban J connectivity index is 1.71. The zero-order valence-corrected chi connectivity index (χ0v) is 14.5. The molecule has 3 heterocycles. The Kier molecular flexibility index (Phi) is 3.25. The molecule has 26 heavy (non-hydrogen) atoms. The van der Waals surface area contributed by atoms with Crippen molar-refractivity contribution in [1.82, 2.24) is 19.9 Å². The highest BCUT2D eigenvalue weighted by molar-refractivity contribution is 5.83. The van der Waals surface area contributed by atoms with E-state index in [9.17, 15) is 9.59 Å². The van der Waals surface area contributed by atoms with Crippen LogP contribution in [0.2, 0.25) is 0 Å². The lowest BCUT2D eigenvalue weighted by Gasteiger charge is -2.39. The first-order valence-electron chi connectivity index (χ1n) is 9.03. The zero-order chi connectivity index (χ0) is 17.8. The Labute approximate surface area is 149 Å². The lowest BCUT2D eigenvalue weighted by atomic mass is 10.0. The van der Waals surface area contributed by atoms with Crippen LogP contribution in [0.1, 0.15) is 31.0 Å². The Morgan fingerprint density at radius 2 is 2.04 bits per heavy atom. The molecule has 2 aliphatic rings. The second-order valence-electron chi connectivity index (χ2n) is 7.15. The molecule has 1 aliphatic carbocycles. The van der Waals surface area contributed by atoms with Crippen molar-refractivity contribution < 1.29 is 0 Å². The number of aryl methyl sites for hydroxylation is 1. The molecule has 1 fully saturated rings. The third-order valence-electron chi connectivity index (χ3n) is 5.51. The van der Waals surface area contributed by atoms with Crippen LogP contribution < -0.4 is 16.1 Å². The molecule has 0 bridgehead atoms. The molecule has 1 aromatic carbocycles. The molecule has 0 spiro atoms. The number of hydrogen-bond acceptors (Lipinski definition) is 5. The van der Waals surface area contributed by atoms with Crippen molar-refractivity contribution in [3.8, 4) is 11.3 Å². The van der Waals surface area contributed by atoms with E-state index in [0.29, 0.717) is 16.9 Å². The largest absolute Gasteiger partial charge is 0.338 e. The lowest BCUT2D eigenvalue weighted by molar-refractivity contribution is 0.470. The van der Waals surface area contributed by atoms with Crippen molar-refractivity contribution in [2.45, 2.75) is 38.6 Å². The minimum Gasteiger partial charge on any atom is -0.338 e. The van der Waals surface area contributed by atoms with Crippen molar-refractivity contribution in [3.63, 3.8) is 0 Å². The molecule has 0 radical (unpaired) electrons. The number of hydrogen-bond donors (Lipinski definition) is 2. The number of benzene rings is 1. The van der Waals surface area contributed by atoms with Crippen LogP contribution in [0.4, 0.5) is 5.95 Å². The van der Waals surface area contributed by atoms with Crippen molar-refractivity contribution in [1.29, 1.82) is 0 Å². The average Bonchev–Trinajstić information content (AvgIpc) is 3.07. The highest BCUT2D eigenvalue weighted by Gasteiger charge is 2.29. The molecule has 0 unspecified atom stereocenters. The summed E-state index contributed by atoms with van der Waals surface area (Å²) in [4.78, 5) is 40.5. The predicted octanol–water partition coefficient (Wildman–Crippen LogP) is 1.76. The minimum absolute atomic E-state index is 0.377. The van der Waals surface area contributed by atoms with E-state index in [-0.39, 0.29) is 5.56 Å². The molecule has 5 rings (SSSR count). The van der Waals surface area contributed by atoms with Gasteiger partial charge in [-0.15, -0.1) is 0 Å². The summed E-state index contributed by atoms with van der Waals surface area (Å²) in [5, 5.41) is 0.468. The molecule has 0 saturated carbocycles. The summed E-state index contributed by atoms with van der Waals surface area (Å²) in [6.07, 6.45) is 4.18. The molecule has 1 atom stereocenters. The second kappa shape index (κ2) is 5.52. The Hall–Kier alpha value is -2.96. The van der Waals surface area contributed by atoms with Crippen LogP contribution in [0.25, 0.3) is 22.2 Å². The maximum atomic E-state index is 12.0. The molecule has 7 heteroatoms. The Bertz CT molecular complexity index is 1150. The molecule has 7 nitrogen and oxygen atoms in total. The average molecular weight is 349 g/mol. The van der Waals surface area contributed by atoms with E-state index in [0.717, 1.165) is 55.1 Å². The number of anilines is 1. The van der Waals surface area contributed by atoms with Crippen LogP contribution in [-0.2, 0) is 12.8 Å². The van der Waals surface area contributed by atoms with E-state index in [4.69, 9.17) is 9.97 Å². The molecule has 2 aromatic heterocycles. The third kappa shape index (κ3) is 2.27. The summed E-state index contributed by atoms with van der Waals surface area (Å²) in [5.74, 6) is 0.791. The predicted molar refractivity (Wildman–Crippen MR) is 99.7 cm³/mol. The fourth-order valence-corrected chi connectivity index (χ4v) is 3.92. The van der Waals surface area contributed by atoms with Gasteiger partial charge < -0.3 is 9.88 Å². The smallest absolute Gasteiger partial charge is 0.326 e. The molecule has 2 N–H and O–H groups in total. The highest BCUT2D eigenvalue weighted by atomic mass is 16.2. The van der Waals surface area contributed by atoms with E-state index in [1.165, 1.54) is 5.56 Å². The van der Waals surface area contributed by atoms with Gasteiger partial charge in [0, 0.05) is 29.4 Å². The van der Waals surface area contributed by atoms with Gasteiger partial charge in [0.15, 0.2) is 0 Å². The maximum absolute atomic E-state index is 12.0. The van der Waals surface area contributed by atoms with Gasteiger partial charge in [-0.2, -0.15) is 0 Å². The molecule has 1 aliphatic heterocycles. The van der Waals surface area contributed by atoms with Gasteiger partial charge in [0.25, 0.3) is 5.56 Å². The number of aromatic amines is 2. The minimum atomic E-state index is -0.498. The van der Waals surface area contributed by atoms with E-state index in [1.54, 1.807) is 6.07 Å². The lowest BCUT2D eigenvalue weighted by Crippen LogP contribution is -2.46. The topological polar surface area (TPSA) is 94.7 Å². The number of H-pyrrole nitrogens is 2. The quantitative estimate of drug-likeness (QED) is 0.735. The molecule has 3 aromatic rings. The zero-order valence-electron chi connectivity index (χ0n) is 14.5. The van der Waals surface area contributed by atoms with Crippen LogP contribution in [-0.4, -0.2) is 32.5 Å². The van der Waals surface area contributed by atoms with Crippen molar-refractivity contribution in [2.24, 2.45) is 0 Å². The van der Waals surface area contributed by atoms with Gasteiger partial charge in [0.1, 0.15) is 0 Å². The fraction of sp³-hybridized carbons (Fsp3) is 0.368. The number of nitrogens with zero attached hydrogens (tertiary/aromatic N) is 3. The first-order valence-corrected chi connectivity index (χ1v) is 9.03. The van der Waals surface area contributed by atoms with Gasteiger partial charge in [0.05, 0.1) is 16.6 Å². The summed E-state index contributed by atoms with van der Waals surface area (Å²) in [6.45, 7) is 3.17. The first kappa shape index (κ1) is 15.3. The van der Waals surface area contributed by atoms with Crippen LogP contribution >= 0.6 is 0 Å². The van der Waals surface area contributed by atoms with Crippen molar-refractivity contribution >= 4 is 16.9 Å². The second-order valence-corrected chi connectivity index (χ2v) is 7.15. The van der Waals surface area contributed by atoms with Gasteiger partial charge >= 0.3 is 5.69 Å². The van der Waals surface area contributed by atoms with E-state index >= 15 is 0 Å². The standard InChI is InChI=1S/C19H19N5O2/c1-10-7-8-24(10)18-20-14-4-2-3-12(14)16(22-18)11-5-6-13-15(9-11)21-19(26)23-17(13)25/h5-6,9-10H,2-4,7-8H2,1H3,(H2,21,23,25,26)/t10-/m0/s1. The number of rotatable bonds is 2. The van der Waals surface area contributed by atoms with E-state index in [2.05, 4.69) is 21.8 Å². The van der Waals surface area contributed by atoms with Gasteiger partial charge in [0.2, 0.25) is 5.95 Å². The SMILES string of the molecule is C[C@H]1CCN1c1nc2c(c(-c3ccc4c(=O)[nH]c(=O)[nH]c4c3)n1)CCC2. The van der Waals surface area contributed by atoms with E-state index < -0.39 is 5.69 Å². The summed E-state index contributed by atoms with van der Waals surface area (Å²) < 4.78 is 0. The molecule has 0 amide bonds. The summed E-state index contributed by atoms with van der Waals surface area (Å²) in [5.41, 5.74) is 3.80. The monoisotopic (exact) mass is 349 g/mol. The van der Waals surface area contributed by atoms with Gasteiger partial charge in [-0.05, 0) is 44.7 Å². The molecular weight excluding hydrogens is 330 g/mol. The van der Waals surface area contributed by atoms with Gasteiger partial charge in [-0.25, -0.2) is 14.8 Å². The van der Waals surface area contributed by atoms with Crippen LogP contribution in [0.15, 0.2) is 27.8 Å². The van der Waals surface area contributed by atoms with Gasteiger partial charge in [-0.1, -0.05) is 6.07 Å². The highest BCUT2D eigenvalue weighted by Crippen LogP contribution is 2.34.